The van der Waals surface area contributed by atoms with Crippen molar-refractivity contribution in [3.05, 3.63) is 50.7 Å². The first-order valence-electron chi connectivity index (χ1n) is 6.10. The highest BCUT2D eigenvalue weighted by Gasteiger charge is 2.35. The quantitative estimate of drug-likeness (QED) is 0.385. The van der Waals surface area contributed by atoms with Crippen LogP contribution in [0.3, 0.4) is 0 Å². The second-order valence-electron chi connectivity index (χ2n) is 4.34. The van der Waals surface area contributed by atoms with E-state index < -0.39 is 22.7 Å². The van der Waals surface area contributed by atoms with Crippen molar-refractivity contribution in [2.45, 2.75) is 6.18 Å². The van der Waals surface area contributed by atoms with Gasteiger partial charge in [-0.3, -0.25) is 9.59 Å². The number of halogens is 5. The molecular weight excluding hydrogens is 466 g/mol. The lowest BCUT2D eigenvalue weighted by Gasteiger charge is -2.05. The van der Waals surface area contributed by atoms with E-state index in [2.05, 4.69) is 5.32 Å². The third kappa shape index (κ3) is 4.24. The van der Waals surface area contributed by atoms with Crippen LogP contribution < -0.4 is 5.32 Å². The molecule has 9 heteroatoms. The van der Waals surface area contributed by atoms with Gasteiger partial charge in [-0.05, 0) is 18.2 Å². The largest absolute Gasteiger partial charge is 0.425 e. The number of amides is 1. The van der Waals surface area contributed by atoms with Crippen molar-refractivity contribution in [3.8, 4) is 0 Å². The van der Waals surface area contributed by atoms with E-state index in [0.717, 1.165) is 6.07 Å². The Bertz CT molecular complexity index is 761. The zero-order valence-corrected chi connectivity index (χ0v) is 14.9. The maximum atomic E-state index is 12.9. The lowest BCUT2D eigenvalue weighted by Crippen LogP contribution is -2.14. The van der Waals surface area contributed by atoms with Crippen LogP contribution in [-0.4, -0.2) is 16.1 Å². The molecule has 0 unspecified atom stereocenters. The maximum Gasteiger partial charge on any atom is 0.425 e. The molecule has 2 aromatic rings. The van der Waals surface area contributed by atoms with Crippen LogP contribution in [0.4, 0.5) is 18.9 Å². The van der Waals surface area contributed by atoms with Gasteiger partial charge < -0.3 is 5.32 Å². The molecule has 1 aromatic heterocycles. The van der Waals surface area contributed by atoms with E-state index in [1.165, 1.54) is 12.1 Å². The Morgan fingerprint density at radius 1 is 1.26 bits per heavy atom. The number of rotatable bonds is 4. The molecule has 0 aliphatic rings. The van der Waals surface area contributed by atoms with Crippen LogP contribution in [-0.2, 0) is 11.0 Å². The fourth-order valence-electron chi connectivity index (χ4n) is 1.74. The Balaban J connectivity index is 2.51. The van der Waals surface area contributed by atoms with Crippen LogP contribution in [0, 0.1) is 0 Å². The van der Waals surface area contributed by atoms with Crippen LogP contribution in [0.15, 0.2) is 30.3 Å². The second-order valence-corrected chi connectivity index (χ2v) is 6.56. The Kier molecular flexibility index (Phi) is 5.69. The summed E-state index contributed by atoms with van der Waals surface area (Å²) in [5, 5.41) is 2.45. The number of hydrogen-bond acceptors (Lipinski definition) is 3. The van der Waals surface area contributed by atoms with E-state index in [9.17, 15) is 22.8 Å². The van der Waals surface area contributed by atoms with Crippen LogP contribution in [0.2, 0.25) is 5.02 Å². The molecule has 0 spiro atoms. The Labute approximate surface area is 152 Å². The van der Waals surface area contributed by atoms with Gasteiger partial charge in [-0.1, -0.05) is 46.3 Å². The number of carbonyl (C=O) groups excluding carboxylic acids is 2. The Hall–Kier alpha value is -1.13. The molecule has 0 aliphatic heterocycles. The number of ketones is 1. The van der Waals surface area contributed by atoms with Crippen LogP contribution in [0.5, 0.6) is 0 Å². The highest BCUT2D eigenvalue weighted by atomic mass is 127. The molecule has 0 saturated heterocycles. The van der Waals surface area contributed by atoms with E-state index in [1.807, 2.05) is 0 Å². The third-order valence-corrected chi connectivity index (χ3v) is 4.93. The van der Waals surface area contributed by atoms with E-state index in [0.29, 0.717) is 0 Å². The van der Waals surface area contributed by atoms with Gasteiger partial charge in [0.1, 0.15) is 4.88 Å². The molecule has 1 amide bonds. The zero-order chi connectivity index (χ0) is 17.2. The van der Waals surface area contributed by atoms with Gasteiger partial charge in [-0.2, -0.15) is 13.2 Å². The lowest BCUT2D eigenvalue weighted by atomic mass is 10.1. The van der Waals surface area contributed by atoms with Crippen LogP contribution in [0.1, 0.15) is 20.1 Å². The summed E-state index contributed by atoms with van der Waals surface area (Å²) >= 11 is 7.98. The lowest BCUT2D eigenvalue weighted by molar-refractivity contribution is -0.134. The van der Waals surface area contributed by atoms with Crippen molar-refractivity contribution in [2.24, 2.45) is 0 Å². The minimum atomic E-state index is -4.60. The first kappa shape index (κ1) is 18.2. The SMILES string of the molecule is O=C(CI)Nc1cc(C(F)(F)F)sc1C(=O)c1ccccc1Cl. The Morgan fingerprint density at radius 3 is 2.48 bits per heavy atom. The van der Waals surface area contributed by atoms with Gasteiger partial charge in [0.25, 0.3) is 0 Å². The minimum absolute atomic E-state index is 0.0503. The average Bonchev–Trinajstić information content (AvgIpc) is 2.91. The van der Waals surface area contributed by atoms with Crippen molar-refractivity contribution < 1.29 is 22.8 Å². The summed E-state index contributed by atoms with van der Waals surface area (Å²) in [6.45, 7) is 0. The molecule has 0 bridgehead atoms. The number of benzene rings is 1. The minimum Gasteiger partial charge on any atom is -0.324 e. The number of anilines is 1. The summed E-state index contributed by atoms with van der Waals surface area (Å²) in [5.41, 5.74) is -0.0800. The van der Waals surface area contributed by atoms with Crippen molar-refractivity contribution >= 4 is 62.9 Å². The van der Waals surface area contributed by atoms with Gasteiger partial charge >= 0.3 is 6.18 Å². The standard InChI is InChI=1S/C14H8ClF3INO2S/c15-8-4-2-1-3-7(8)12(22)13-9(20-11(21)6-19)5-10(23-13)14(16,17)18/h1-5H,6H2,(H,20,21). The summed E-state index contributed by atoms with van der Waals surface area (Å²) in [4.78, 5) is 22.8. The van der Waals surface area contributed by atoms with Gasteiger partial charge in [0.15, 0.2) is 0 Å². The normalized spacial score (nSPS) is 11.3. The molecule has 0 atom stereocenters. The van der Waals surface area contributed by atoms with Gasteiger partial charge in [0.2, 0.25) is 11.7 Å². The number of alkyl halides is 4. The third-order valence-electron chi connectivity index (χ3n) is 2.73. The number of thiophene rings is 1. The average molecular weight is 474 g/mol. The van der Waals surface area contributed by atoms with Crippen molar-refractivity contribution in [2.75, 3.05) is 9.74 Å². The number of hydrogen-bond donors (Lipinski definition) is 1. The fourth-order valence-corrected chi connectivity index (χ4v) is 3.09. The number of nitrogens with one attached hydrogen (secondary N) is 1. The monoisotopic (exact) mass is 473 g/mol. The molecule has 2 rings (SSSR count). The van der Waals surface area contributed by atoms with Gasteiger partial charge in [0, 0.05) is 5.56 Å². The van der Waals surface area contributed by atoms with Crippen molar-refractivity contribution in [3.63, 3.8) is 0 Å². The van der Waals surface area contributed by atoms with Crippen molar-refractivity contribution in [1.82, 2.24) is 0 Å². The molecule has 23 heavy (non-hydrogen) atoms. The van der Waals surface area contributed by atoms with E-state index in [-0.39, 0.29) is 36.9 Å². The van der Waals surface area contributed by atoms with Crippen LogP contribution >= 0.6 is 45.5 Å². The zero-order valence-electron chi connectivity index (χ0n) is 11.2. The first-order valence-corrected chi connectivity index (χ1v) is 8.82. The fraction of sp³-hybridized carbons (Fsp3) is 0.143. The molecule has 3 nitrogen and oxygen atoms in total. The molecule has 122 valence electrons. The summed E-state index contributed by atoms with van der Waals surface area (Å²) in [6.07, 6.45) is -4.60. The molecule has 0 radical (unpaired) electrons. The topological polar surface area (TPSA) is 46.2 Å². The van der Waals surface area contributed by atoms with Gasteiger partial charge in [0.05, 0.1) is 20.0 Å². The molecule has 1 N–H and O–H groups in total. The highest BCUT2D eigenvalue weighted by Crippen LogP contribution is 2.40. The predicted octanol–water partition coefficient (Wildman–Crippen LogP) is 5.02. The van der Waals surface area contributed by atoms with Crippen molar-refractivity contribution in [1.29, 1.82) is 0 Å². The smallest absolute Gasteiger partial charge is 0.324 e. The van der Waals surface area contributed by atoms with Gasteiger partial charge in [-0.15, -0.1) is 11.3 Å². The molecule has 1 heterocycles. The van der Waals surface area contributed by atoms with E-state index in [4.69, 9.17) is 11.6 Å². The predicted molar refractivity (Wildman–Crippen MR) is 91.7 cm³/mol. The molecule has 0 saturated carbocycles. The van der Waals surface area contributed by atoms with E-state index >= 15 is 0 Å². The summed E-state index contributed by atoms with van der Waals surface area (Å²) in [5.74, 6) is -1.16. The molecule has 0 fully saturated rings. The second kappa shape index (κ2) is 7.18. The summed E-state index contributed by atoms with van der Waals surface area (Å²) in [6, 6.07) is 6.81. The maximum absolute atomic E-state index is 12.9. The highest BCUT2D eigenvalue weighted by molar-refractivity contribution is 14.1. The molecular formula is C14H8ClF3INO2S. The summed E-state index contributed by atoms with van der Waals surface area (Å²) in [7, 11) is 0. The van der Waals surface area contributed by atoms with E-state index in [1.54, 1.807) is 34.7 Å². The summed E-state index contributed by atoms with van der Waals surface area (Å²) < 4.78 is 38.8. The first-order chi connectivity index (χ1) is 10.7. The Morgan fingerprint density at radius 2 is 1.91 bits per heavy atom. The van der Waals surface area contributed by atoms with Crippen LogP contribution in [0.25, 0.3) is 0 Å². The number of carbonyl (C=O) groups is 2. The van der Waals surface area contributed by atoms with Gasteiger partial charge in [-0.25, -0.2) is 0 Å². The molecule has 0 aliphatic carbocycles. The molecule has 1 aromatic carbocycles.